The maximum Gasteiger partial charge on any atom is 0.143 e. The van der Waals surface area contributed by atoms with Gasteiger partial charge in [-0.1, -0.05) is 0 Å². The largest absolute Gasteiger partial charge is 0.505 e. The molecule has 0 bridgehead atoms. The van der Waals surface area contributed by atoms with E-state index >= 15 is 0 Å². The third-order valence-electron chi connectivity index (χ3n) is 1.79. The fraction of sp³-hybridized carbons (Fsp3) is 0.250. The van der Waals surface area contributed by atoms with E-state index in [2.05, 4.69) is 0 Å². The van der Waals surface area contributed by atoms with Gasteiger partial charge in [0.05, 0.1) is 5.69 Å². The Hall–Kier alpha value is -1.33. The van der Waals surface area contributed by atoms with Crippen molar-refractivity contribution in [1.29, 1.82) is 0 Å². The Morgan fingerprint density at radius 1 is 1.46 bits per heavy atom. The molecule has 0 amide bonds. The molecule has 0 spiro atoms. The monoisotopic (exact) mass is 185 g/mol. The van der Waals surface area contributed by atoms with E-state index in [1.807, 2.05) is 0 Å². The molecule has 1 aromatic carbocycles. The van der Waals surface area contributed by atoms with Crippen molar-refractivity contribution in [2.45, 2.75) is 6.04 Å². The van der Waals surface area contributed by atoms with Gasteiger partial charge in [-0.2, -0.15) is 0 Å². The van der Waals surface area contributed by atoms with Crippen LogP contribution in [0, 0.1) is 5.82 Å². The number of nitrogens with two attached hydrogens (primary N) is 3. The van der Waals surface area contributed by atoms with Crippen LogP contribution in [0.2, 0.25) is 0 Å². The number of aromatic hydroxyl groups is 1. The number of hydrogen-bond acceptors (Lipinski definition) is 4. The predicted octanol–water partition coefficient (Wildman–Crippen LogP) is 0.0720. The van der Waals surface area contributed by atoms with Gasteiger partial charge in [0.2, 0.25) is 0 Å². The molecule has 0 aromatic heterocycles. The van der Waals surface area contributed by atoms with Crippen LogP contribution in [0.3, 0.4) is 0 Å². The van der Waals surface area contributed by atoms with E-state index < -0.39 is 11.9 Å². The highest BCUT2D eigenvalue weighted by atomic mass is 19.1. The first-order chi connectivity index (χ1) is 6.06. The summed E-state index contributed by atoms with van der Waals surface area (Å²) in [6, 6.07) is 1.56. The molecule has 0 radical (unpaired) electrons. The zero-order valence-corrected chi connectivity index (χ0v) is 7.00. The normalized spacial score (nSPS) is 12.8. The second-order valence-electron chi connectivity index (χ2n) is 2.78. The molecule has 1 rings (SSSR count). The van der Waals surface area contributed by atoms with Crippen LogP contribution < -0.4 is 17.2 Å². The van der Waals surface area contributed by atoms with E-state index in [1.54, 1.807) is 0 Å². The Morgan fingerprint density at radius 2 is 2.08 bits per heavy atom. The van der Waals surface area contributed by atoms with Gasteiger partial charge in [-0.05, 0) is 6.07 Å². The number of phenols is 1. The van der Waals surface area contributed by atoms with Gasteiger partial charge in [0.15, 0.2) is 0 Å². The second-order valence-corrected chi connectivity index (χ2v) is 2.78. The number of benzene rings is 1. The van der Waals surface area contributed by atoms with Crippen LogP contribution in [0.15, 0.2) is 12.1 Å². The van der Waals surface area contributed by atoms with Crippen LogP contribution in [0.25, 0.3) is 0 Å². The first kappa shape index (κ1) is 9.76. The van der Waals surface area contributed by atoms with E-state index in [0.717, 1.165) is 12.1 Å². The Kier molecular flexibility index (Phi) is 2.69. The maximum atomic E-state index is 12.8. The number of anilines is 1. The van der Waals surface area contributed by atoms with Crippen molar-refractivity contribution in [3.63, 3.8) is 0 Å². The predicted molar refractivity (Wildman–Crippen MR) is 48.5 cm³/mol. The zero-order valence-electron chi connectivity index (χ0n) is 7.00. The summed E-state index contributed by atoms with van der Waals surface area (Å²) in [6.07, 6.45) is 0. The van der Waals surface area contributed by atoms with Crippen LogP contribution in [0.4, 0.5) is 10.1 Å². The van der Waals surface area contributed by atoms with Gasteiger partial charge in [-0.3, -0.25) is 0 Å². The second kappa shape index (κ2) is 3.59. The van der Waals surface area contributed by atoms with E-state index in [1.165, 1.54) is 0 Å². The number of rotatable bonds is 2. The van der Waals surface area contributed by atoms with Crippen LogP contribution in [0.5, 0.6) is 5.75 Å². The third kappa shape index (κ3) is 1.88. The van der Waals surface area contributed by atoms with E-state index in [9.17, 15) is 9.50 Å². The molecule has 0 aliphatic rings. The molecule has 1 atom stereocenters. The Morgan fingerprint density at radius 3 is 2.62 bits per heavy atom. The molecule has 0 fully saturated rings. The summed E-state index contributed by atoms with van der Waals surface area (Å²) < 4.78 is 12.8. The molecule has 0 saturated heterocycles. The molecular formula is C8H12FN3O. The number of nitrogen functional groups attached to an aromatic ring is 1. The molecule has 1 aromatic rings. The molecule has 0 aliphatic carbocycles. The zero-order chi connectivity index (χ0) is 10.0. The van der Waals surface area contributed by atoms with Crippen molar-refractivity contribution >= 4 is 5.69 Å². The SMILES string of the molecule is NC[C@@H](N)c1cc(F)cc(N)c1O. The molecule has 0 saturated carbocycles. The van der Waals surface area contributed by atoms with Crippen molar-refractivity contribution in [3.05, 3.63) is 23.5 Å². The van der Waals surface area contributed by atoms with Gasteiger partial charge < -0.3 is 22.3 Å². The number of hydrogen-bond donors (Lipinski definition) is 4. The summed E-state index contributed by atoms with van der Waals surface area (Å²) in [5.41, 5.74) is 16.3. The summed E-state index contributed by atoms with van der Waals surface area (Å²) in [4.78, 5) is 0. The minimum atomic E-state index is -0.599. The topological polar surface area (TPSA) is 98.3 Å². The highest BCUT2D eigenvalue weighted by Gasteiger charge is 2.13. The highest BCUT2D eigenvalue weighted by molar-refractivity contribution is 5.57. The third-order valence-corrected chi connectivity index (χ3v) is 1.79. The van der Waals surface area contributed by atoms with Crippen molar-refractivity contribution in [2.75, 3.05) is 12.3 Å². The lowest BCUT2D eigenvalue weighted by Crippen LogP contribution is -2.21. The standard InChI is InChI=1S/C8H12FN3O/c9-4-1-5(7(12)3-10)8(13)6(11)2-4/h1-2,7,13H,3,10-12H2/t7-/m1/s1. The molecule has 5 heteroatoms. The van der Waals surface area contributed by atoms with Crippen molar-refractivity contribution < 1.29 is 9.50 Å². The average Bonchev–Trinajstić information content (AvgIpc) is 2.10. The first-order valence-corrected chi connectivity index (χ1v) is 3.79. The molecule has 7 N–H and O–H groups in total. The summed E-state index contributed by atoms with van der Waals surface area (Å²) in [5.74, 6) is -0.728. The fourth-order valence-corrected chi connectivity index (χ4v) is 1.05. The van der Waals surface area contributed by atoms with Crippen LogP contribution in [0.1, 0.15) is 11.6 Å². The lowest BCUT2D eigenvalue weighted by atomic mass is 10.1. The van der Waals surface area contributed by atoms with Gasteiger partial charge in [0.1, 0.15) is 11.6 Å². The molecule has 4 nitrogen and oxygen atoms in total. The summed E-state index contributed by atoms with van der Waals surface area (Å²) in [7, 11) is 0. The maximum absolute atomic E-state index is 12.8. The molecule has 0 heterocycles. The Bertz CT molecular complexity index is 317. The van der Waals surface area contributed by atoms with Crippen LogP contribution >= 0.6 is 0 Å². The quantitative estimate of drug-likeness (QED) is 0.387. The minimum Gasteiger partial charge on any atom is -0.505 e. The number of halogens is 1. The van der Waals surface area contributed by atoms with Crippen molar-refractivity contribution in [3.8, 4) is 5.75 Å². The average molecular weight is 185 g/mol. The van der Waals surface area contributed by atoms with Crippen LogP contribution in [-0.4, -0.2) is 11.7 Å². The fourth-order valence-electron chi connectivity index (χ4n) is 1.05. The highest BCUT2D eigenvalue weighted by Crippen LogP contribution is 2.29. The van der Waals surface area contributed by atoms with Gasteiger partial charge in [0.25, 0.3) is 0 Å². The minimum absolute atomic E-state index is 0.0288. The van der Waals surface area contributed by atoms with E-state index in [-0.39, 0.29) is 23.5 Å². The van der Waals surface area contributed by atoms with Gasteiger partial charge in [0, 0.05) is 24.2 Å². The Labute approximate surface area is 75.1 Å². The smallest absolute Gasteiger partial charge is 0.143 e. The number of phenolic OH excluding ortho intramolecular Hbond substituents is 1. The van der Waals surface area contributed by atoms with Crippen molar-refractivity contribution in [1.82, 2.24) is 0 Å². The summed E-state index contributed by atoms with van der Waals surface area (Å²) in [6.45, 7) is 0.121. The molecule has 13 heavy (non-hydrogen) atoms. The lowest BCUT2D eigenvalue weighted by molar-refractivity contribution is 0.462. The van der Waals surface area contributed by atoms with E-state index in [4.69, 9.17) is 17.2 Å². The molecule has 0 unspecified atom stereocenters. The lowest BCUT2D eigenvalue weighted by Gasteiger charge is -2.12. The van der Waals surface area contributed by atoms with Gasteiger partial charge >= 0.3 is 0 Å². The molecular weight excluding hydrogens is 173 g/mol. The van der Waals surface area contributed by atoms with Crippen LogP contribution in [-0.2, 0) is 0 Å². The summed E-state index contributed by atoms with van der Waals surface area (Å²) in [5, 5.41) is 9.40. The summed E-state index contributed by atoms with van der Waals surface area (Å²) >= 11 is 0. The first-order valence-electron chi connectivity index (χ1n) is 3.79. The molecule has 72 valence electrons. The molecule has 0 aliphatic heterocycles. The van der Waals surface area contributed by atoms with Gasteiger partial charge in [-0.15, -0.1) is 0 Å². The van der Waals surface area contributed by atoms with Gasteiger partial charge in [-0.25, -0.2) is 4.39 Å². The van der Waals surface area contributed by atoms with E-state index in [0.29, 0.717) is 0 Å². The Balaban J connectivity index is 3.20. The van der Waals surface area contributed by atoms with Crippen molar-refractivity contribution in [2.24, 2.45) is 11.5 Å².